The summed E-state index contributed by atoms with van der Waals surface area (Å²) in [6, 6.07) is 72.3. The van der Waals surface area contributed by atoms with E-state index in [2.05, 4.69) is 245 Å². The molecular weight excluding hydrogens is 926 g/mol. The SMILES string of the molecule is CC(C)(C)c1cc(-c2ccccc2)c(N2c3cc(Cl)ccc3B3c4ccc(Cl)cc4N(c4c(-c5ccccc5)cc(C(C)(C)C)cc4-c4ccccc4)c4cc(C5CCCCC5)cc2c43)c(-c2ccccc2)c1. The first-order valence-corrected chi connectivity index (χ1v) is 27.0. The molecule has 0 radical (unpaired) electrons. The maximum absolute atomic E-state index is 7.31. The van der Waals surface area contributed by atoms with Crippen molar-refractivity contribution >= 4 is 80.4 Å². The zero-order valence-electron chi connectivity index (χ0n) is 42.8. The fourth-order valence-electron chi connectivity index (χ4n) is 12.1. The van der Waals surface area contributed by atoms with Gasteiger partial charge in [0.1, 0.15) is 0 Å². The number of halogens is 2. The lowest BCUT2D eigenvalue weighted by atomic mass is 9.33. The highest BCUT2D eigenvalue weighted by molar-refractivity contribution is 7.00. The van der Waals surface area contributed by atoms with Crippen LogP contribution in [0.15, 0.2) is 194 Å². The molecule has 12 rings (SSSR count). The van der Waals surface area contributed by atoms with Gasteiger partial charge in [-0.05, 0) is 146 Å². The molecule has 9 aromatic rings. The molecule has 0 bridgehead atoms. The lowest BCUT2D eigenvalue weighted by Gasteiger charge is -2.46. The average molecular weight is 988 g/mol. The molecule has 0 atom stereocenters. The third-order valence-electron chi connectivity index (χ3n) is 15.8. The zero-order valence-corrected chi connectivity index (χ0v) is 44.3. The monoisotopic (exact) mass is 986 g/mol. The first kappa shape index (κ1) is 47.2. The van der Waals surface area contributed by atoms with Gasteiger partial charge in [-0.2, -0.15) is 0 Å². The van der Waals surface area contributed by atoms with Crippen LogP contribution >= 0.6 is 23.2 Å². The molecule has 1 saturated carbocycles. The Balaban J connectivity index is 1.27. The highest BCUT2D eigenvalue weighted by Gasteiger charge is 2.46. The Kier molecular flexibility index (Phi) is 12.0. The highest BCUT2D eigenvalue weighted by atomic mass is 35.5. The molecule has 73 heavy (non-hydrogen) atoms. The van der Waals surface area contributed by atoms with Gasteiger partial charge in [-0.1, -0.05) is 217 Å². The molecule has 1 fully saturated rings. The zero-order chi connectivity index (χ0) is 50.2. The summed E-state index contributed by atoms with van der Waals surface area (Å²) in [6.45, 7) is 13.9. The minimum Gasteiger partial charge on any atom is -0.310 e. The van der Waals surface area contributed by atoms with E-state index in [-0.39, 0.29) is 17.5 Å². The smallest absolute Gasteiger partial charge is 0.252 e. The number of hydrogen-bond donors (Lipinski definition) is 0. The number of benzene rings is 9. The molecule has 0 spiro atoms. The number of rotatable bonds is 7. The van der Waals surface area contributed by atoms with E-state index in [9.17, 15) is 0 Å². The van der Waals surface area contributed by atoms with Crippen LogP contribution in [0.4, 0.5) is 34.1 Å². The van der Waals surface area contributed by atoms with Crippen LogP contribution in [0, 0.1) is 0 Å². The van der Waals surface area contributed by atoms with Crippen LogP contribution in [-0.4, -0.2) is 6.71 Å². The third kappa shape index (κ3) is 8.49. The van der Waals surface area contributed by atoms with E-state index in [1.165, 1.54) is 108 Å². The Morgan fingerprint density at radius 3 is 1.07 bits per heavy atom. The van der Waals surface area contributed by atoms with Crippen molar-refractivity contribution in [2.45, 2.75) is 90.4 Å². The van der Waals surface area contributed by atoms with Gasteiger partial charge in [-0.3, -0.25) is 0 Å². The summed E-state index contributed by atoms with van der Waals surface area (Å²) in [7, 11) is 0. The van der Waals surface area contributed by atoms with Gasteiger partial charge in [0, 0.05) is 55.0 Å². The quantitative estimate of drug-likeness (QED) is 0.147. The molecule has 0 saturated heterocycles. The highest BCUT2D eigenvalue weighted by Crippen LogP contribution is 2.55. The summed E-state index contributed by atoms with van der Waals surface area (Å²) in [5.41, 5.74) is 23.7. The fourth-order valence-corrected chi connectivity index (χ4v) is 12.4. The van der Waals surface area contributed by atoms with E-state index in [1.54, 1.807) is 0 Å². The van der Waals surface area contributed by atoms with Crippen molar-refractivity contribution in [1.82, 2.24) is 0 Å². The van der Waals surface area contributed by atoms with Crippen molar-refractivity contribution in [2.24, 2.45) is 0 Å². The molecule has 0 amide bonds. The molecule has 0 N–H and O–H groups in total. The maximum Gasteiger partial charge on any atom is 0.252 e. The molecule has 2 heterocycles. The van der Waals surface area contributed by atoms with Crippen molar-refractivity contribution in [2.75, 3.05) is 9.80 Å². The van der Waals surface area contributed by atoms with E-state index >= 15 is 0 Å². The molecular formula is C68H61BCl2N2. The fraction of sp³-hybridized carbons (Fsp3) is 0.206. The van der Waals surface area contributed by atoms with Gasteiger partial charge in [-0.25, -0.2) is 0 Å². The number of nitrogens with zero attached hydrogens (tertiary/aromatic N) is 2. The Morgan fingerprint density at radius 2 is 0.740 bits per heavy atom. The molecule has 3 aliphatic rings. The summed E-state index contributed by atoms with van der Waals surface area (Å²) in [5, 5.41) is 1.41. The molecule has 2 nitrogen and oxygen atoms in total. The van der Waals surface area contributed by atoms with Gasteiger partial charge in [0.2, 0.25) is 0 Å². The van der Waals surface area contributed by atoms with Crippen molar-refractivity contribution < 1.29 is 0 Å². The lowest BCUT2D eigenvalue weighted by Crippen LogP contribution is -2.61. The van der Waals surface area contributed by atoms with Gasteiger partial charge >= 0.3 is 0 Å². The Hall–Kier alpha value is -6.78. The predicted octanol–water partition coefficient (Wildman–Crippen LogP) is 18.4. The topological polar surface area (TPSA) is 6.48 Å². The van der Waals surface area contributed by atoms with E-state index in [0.717, 1.165) is 35.6 Å². The van der Waals surface area contributed by atoms with Gasteiger partial charge in [0.05, 0.1) is 11.4 Å². The van der Waals surface area contributed by atoms with Crippen LogP contribution in [-0.2, 0) is 10.8 Å². The molecule has 0 unspecified atom stereocenters. The molecule has 5 heteroatoms. The van der Waals surface area contributed by atoms with Gasteiger partial charge in [0.15, 0.2) is 0 Å². The number of hydrogen-bond acceptors (Lipinski definition) is 2. The van der Waals surface area contributed by atoms with Crippen molar-refractivity contribution in [3.05, 3.63) is 221 Å². The minimum absolute atomic E-state index is 0.124. The molecule has 360 valence electrons. The minimum atomic E-state index is -0.124. The van der Waals surface area contributed by atoms with Gasteiger partial charge < -0.3 is 9.80 Å². The predicted molar refractivity (Wildman–Crippen MR) is 315 cm³/mol. The van der Waals surface area contributed by atoms with Crippen LogP contribution in [0.5, 0.6) is 0 Å². The maximum atomic E-state index is 7.31. The third-order valence-corrected chi connectivity index (χ3v) is 16.3. The molecule has 9 aromatic carbocycles. The van der Waals surface area contributed by atoms with Crippen LogP contribution in [0.1, 0.15) is 96.3 Å². The van der Waals surface area contributed by atoms with Crippen molar-refractivity contribution in [3.63, 3.8) is 0 Å². The molecule has 2 aliphatic heterocycles. The number of anilines is 6. The standard InChI is InChI=1S/C68H61BCl2N2/c1-67(2,3)50-38-54(45-24-14-8-15-25-45)65(55(39-50)46-26-16-9-17-27-46)72-60-42-52(70)32-34-58(60)69-59-35-33-53(71)43-61(59)73(63-37-49(36-62(72)64(63)69)44-22-12-7-13-23-44)66-56(47-28-18-10-19-29-47)40-51(68(4,5)6)41-57(66)48-30-20-11-21-31-48/h8-11,14-21,24-44H,7,12-13,22-23H2,1-6H3. The van der Waals surface area contributed by atoms with Crippen molar-refractivity contribution in [3.8, 4) is 44.5 Å². The average Bonchev–Trinajstić information content (AvgIpc) is 3.41. The second-order valence-electron chi connectivity index (χ2n) is 22.6. The Morgan fingerprint density at radius 1 is 0.397 bits per heavy atom. The van der Waals surface area contributed by atoms with Crippen molar-refractivity contribution in [1.29, 1.82) is 0 Å². The summed E-state index contributed by atoms with van der Waals surface area (Å²) in [5.74, 6) is 0.398. The summed E-state index contributed by atoms with van der Waals surface area (Å²) in [6.07, 6.45) is 6.02. The second kappa shape index (κ2) is 18.6. The van der Waals surface area contributed by atoms with Crippen LogP contribution in [0.25, 0.3) is 44.5 Å². The Labute approximate surface area is 443 Å². The summed E-state index contributed by atoms with van der Waals surface area (Å²) in [4.78, 5) is 5.25. The second-order valence-corrected chi connectivity index (χ2v) is 23.5. The first-order valence-electron chi connectivity index (χ1n) is 26.3. The molecule has 0 aromatic heterocycles. The van der Waals surface area contributed by atoms with Gasteiger partial charge in [-0.15, -0.1) is 0 Å². The summed E-state index contributed by atoms with van der Waals surface area (Å²) < 4.78 is 0. The number of fused-ring (bicyclic) bond motifs is 4. The van der Waals surface area contributed by atoms with E-state index in [4.69, 9.17) is 23.2 Å². The summed E-state index contributed by atoms with van der Waals surface area (Å²) >= 11 is 14.6. The van der Waals surface area contributed by atoms with Crippen LogP contribution in [0.2, 0.25) is 10.0 Å². The van der Waals surface area contributed by atoms with E-state index in [0.29, 0.717) is 16.0 Å². The van der Waals surface area contributed by atoms with E-state index < -0.39 is 0 Å². The lowest BCUT2D eigenvalue weighted by molar-refractivity contribution is 0.444. The van der Waals surface area contributed by atoms with E-state index in [1.807, 2.05) is 0 Å². The van der Waals surface area contributed by atoms with Crippen LogP contribution in [0.3, 0.4) is 0 Å². The van der Waals surface area contributed by atoms with Crippen LogP contribution < -0.4 is 26.2 Å². The normalized spacial score (nSPS) is 14.4. The Bertz CT molecular complexity index is 3190. The van der Waals surface area contributed by atoms with Gasteiger partial charge in [0.25, 0.3) is 6.71 Å². The first-order chi connectivity index (χ1) is 35.3. The molecule has 1 aliphatic carbocycles. The largest absolute Gasteiger partial charge is 0.310 e.